The summed E-state index contributed by atoms with van der Waals surface area (Å²) in [5.41, 5.74) is 0.807. The Morgan fingerprint density at radius 3 is 2.15 bits per heavy atom. The molecule has 39 heavy (non-hydrogen) atoms. The van der Waals surface area contributed by atoms with Gasteiger partial charge in [-0.05, 0) is 73.5 Å². The van der Waals surface area contributed by atoms with E-state index in [2.05, 4.69) is 5.32 Å². The fraction of sp³-hybridized carbons (Fsp3) is 0.259. The first-order valence-corrected chi connectivity index (χ1v) is 15.0. The summed E-state index contributed by atoms with van der Waals surface area (Å²) in [7, 11) is -4.23. The Hall–Kier alpha value is -2.49. The summed E-state index contributed by atoms with van der Waals surface area (Å²) in [6.45, 7) is 3.31. The van der Waals surface area contributed by atoms with Gasteiger partial charge in [-0.25, -0.2) is 8.42 Å². The van der Waals surface area contributed by atoms with Gasteiger partial charge in [0, 0.05) is 23.1 Å². The molecule has 0 unspecified atom stereocenters. The van der Waals surface area contributed by atoms with Crippen LogP contribution >= 0.6 is 46.4 Å². The van der Waals surface area contributed by atoms with Crippen LogP contribution in [0.25, 0.3) is 0 Å². The second-order valence-electron chi connectivity index (χ2n) is 8.53. The predicted molar refractivity (Wildman–Crippen MR) is 157 cm³/mol. The van der Waals surface area contributed by atoms with Crippen molar-refractivity contribution in [3.05, 3.63) is 92.4 Å². The summed E-state index contributed by atoms with van der Waals surface area (Å²) >= 11 is 24.4. The maximum absolute atomic E-state index is 13.9. The number of carbonyl (C=O) groups is 2. The number of anilines is 1. The highest BCUT2D eigenvalue weighted by Crippen LogP contribution is 2.28. The van der Waals surface area contributed by atoms with Gasteiger partial charge in [0.1, 0.15) is 12.6 Å². The lowest BCUT2D eigenvalue weighted by Crippen LogP contribution is -2.52. The first-order valence-electron chi connectivity index (χ1n) is 12.0. The van der Waals surface area contributed by atoms with Gasteiger partial charge < -0.3 is 10.2 Å². The SMILES string of the molecule is CCNC(=O)[C@@H](CC)N(Cc1ccc(Cl)c(Cl)c1)C(=O)CN(c1cccc(Cl)c1)S(=O)(=O)c1ccc(Cl)cc1. The molecule has 1 atom stereocenters. The zero-order valence-corrected chi connectivity index (χ0v) is 25.0. The van der Waals surface area contributed by atoms with E-state index in [1.807, 2.05) is 0 Å². The lowest BCUT2D eigenvalue weighted by molar-refractivity contribution is -0.140. The Morgan fingerprint density at radius 1 is 0.872 bits per heavy atom. The standard InChI is InChI=1S/C27H27Cl4N3O4S/c1-3-25(27(36)32-4-2)33(16-18-8-13-23(30)24(31)14-18)26(35)17-34(21-7-5-6-20(29)15-21)39(37,38)22-11-9-19(28)10-12-22/h5-15,25H,3-4,16-17H2,1-2H3,(H,32,36)/t25-/m1/s1. The smallest absolute Gasteiger partial charge is 0.264 e. The molecule has 0 aliphatic heterocycles. The van der Waals surface area contributed by atoms with E-state index in [0.29, 0.717) is 33.6 Å². The summed E-state index contributed by atoms with van der Waals surface area (Å²) in [5, 5.41) is 4.03. The third kappa shape index (κ3) is 7.80. The van der Waals surface area contributed by atoms with Crippen molar-refractivity contribution >= 4 is 73.9 Å². The molecule has 0 aliphatic carbocycles. The number of amides is 2. The number of carbonyl (C=O) groups excluding carboxylic acids is 2. The number of sulfonamides is 1. The molecule has 0 bridgehead atoms. The maximum atomic E-state index is 13.9. The number of likely N-dealkylation sites (N-methyl/N-ethyl adjacent to an activating group) is 1. The van der Waals surface area contributed by atoms with Gasteiger partial charge in [-0.15, -0.1) is 0 Å². The third-order valence-corrected chi connectivity index (χ3v) is 8.86. The zero-order valence-electron chi connectivity index (χ0n) is 21.2. The minimum atomic E-state index is -4.23. The van der Waals surface area contributed by atoms with Crippen molar-refractivity contribution in [1.82, 2.24) is 10.2 Å². The van der Waals surface area contributed by atoms with Crippen LogP contribution in [0, 0.1) is 0 Å². The van der Waals surface area contributed by atoms with Crippen LogP contribution in [0.3, 0.4) is 0 Å². The van der Waals surface area contributed by atoms with Crippen molar-refractivity contribution in [3.8, 4) is 0 Å². The largest absolute Gasteiger partial charge is 0.355 e. The van der Waals surface area contributed by atoms with E-state index in [1.165, 1.54) is 41.3 Å². The number of nitrogens with zero attached hydrogens (tertiary/aromatic N) is 2. The molecule has 208 valence electrons. The van der Waals surface area contributed by atoms with Crippen LogP contribution < -0.4 is 9.62 Å². The minimum Gasteiger partial charge on any atom is -0.355 e. The van der Waals surface area contributed by atoms with Crippen LogP contribution in [0.1, 0.15) is 25.8 Å². The van der Waals surface area contributed by atoms with Crippen molar-refractivity contribution in [2.24, 2.45) is 0 Å². The molecule has 3 aromatic carbocycles. The van der Waals surface area contributed by atoms with Gasteiger partial charge in [0.25, 0.3) is 10.0 Å². The molecule has 0 saturated carbocycles. The van der Waals surface area contributed by atoms with Gasteiger partial charge in [0.15, 0.2) is 0 Å². The lowest BCUT2D eigenvalue weighted by Gasteiger charge is -2.33. The van der Waals surface area contributed by atoms with Crippen LogP contribution in [-0.4, -0.2) is 44.3 Å². The molecule has 0 saturated heterocycles. The summed E-state index contributed by atoms with van der Waals surface area (Å²) < 4.78 is 28.5. The molecule has 0 heterocycles. The van der Waals surface area contributed by atoms with Gasteiger partial charge in [-0.2, -0.15) is 0 Å². The van der Waals surface area contributed by atoms with Crippen molar-refractivity contribution < 1.29 is 18.0 Å². The molecule has 7 nitrogen and oxygen atoms in total. The van der Waals surface area contributed by atoms with Crippen LogP contribution in [0.5, 0.6) is 0 Å². The molecule has 0 fully saturated rings. The van der Waals surface area contributed by atoms with E-state index >= 15 is 0 Å². The first-order chi connectivity index (χ1) is 18.5. The van der Waals surface area contributed by atoms with Crippen LogP contribution in [0.4, 0.5) is 5.69 Å². The molecule has 12 heteroatoms. The Morgan fingerprint density at radius 2 is 1.56 bits per heavy atom. The van der Waals surface area contributed by atoms with Gasteiger partial charge in [0.2, 0.25) is 11.8 Å². The number of halogens is 4. The summed E-state index contributed by atoms with van der Waals surface area (Å²) in [6.07, 6.45) is 0.292. The predicted octanol–water partition coefficient (Wildman–Crippen LogP) is 6.44. The molecule has 0 aromatic heterocycles. The van der Waals surface area contributed by atoms with E-state index in [-0.39, 0.29) is 28.1 Å². The zero-order chi connectivity index (χ0) is 28.7. The molecular formula is C27H27Cl4N3O4S. The fourth-order valence-electron chi connectivity index (χ4n) is 3.94. The topological polar surface area (TPSA) is 86.8 Å². The van der Waals surface area contributed by atoms with Gasteiger partial charge in [-0.1, -0.05) is 65.5 Å². The number of rotatable bonds is 11. The van der Waals surface area contributed by atoms with E-state index in [4.69, 9.17) is 46.4 Å². The average molecular weight is 631 g/mol. The van der Waals surface area contributed by atoms with Gasteiger partial charge in [-0.3, -0.25) is 13.9 Å². The fourth-order valence-corrected chi connectivity index (χ4v) is 5.98. The average Bonchev–Trinajstić information content (AvgIpc) is 2.89. The summed E-state index contributed by atoms with van der Waals surface area (Å²) in [5.74, 6) is -0.958. The highest BCUT2D eigenvalue weighted by molar-refractivity contribution is 7.92. The highest BCUT2D eigenvalue weighted by Gasteiger charge is 2.33. The Balaban J connectivity index is 2.07. The Labute approximate surface area is 248 Å². The molecule has 0 spiro atoms. The summed E-state index contributed by atoms with van der Waals surface area (Å²) in [4.78, 5) is 28.2. The van der Waals surface area contributed by atoms with Gasteiger partial charge in [0.05, 0.1) is 20.6 Å². The summed E-state index contributed by atoms with van der Waals surface area (Å²) in [6, 6.07) is 15.8. The number of nitrogens with one attached hydrogen (secondary N) is 1. The highest BCUT2D eigenvalue weighted by atomic mass is 35.5. The second kappa shape index (κ2) is 13.7. The molecule has 0 radical (unpaired) electrons. The first kappa shape index (κ1) is 31.0. The molecule has 0 aliphatic rings. The molecule has 3 aromatic rings. The molecule has 2 amide bonds. The quantitative estimate of drug-likeness (QED) is 0.264. The molecule has 1 N–H and O–H groups in total. The normalized spacial score (nSPS) is 12.1. The second-order valence-corrected chi connectivity index (χ2v) is 12.1. The third-order valence-electron chi connectivity index (χ3n) is 5.85. The van der Waals surface area contributed by atoms with Gasteiger partial charge >= 0.3 is 0 Å². The van der Waals surface area contributed by atoms with Crippen molar-refractivity contribution in [3.63, 3.8) is 0 Å². The molecule has 3 rings (SSSR count). The van der Waals surface area contributed by atoms with Crippen LogP contribution in [-0.2, 0) is 26.2 Å². The maximum Gasteiger partial charge on any atom is 0.264 e. The Bertz CT molecular complexity index is 1440. The number of hydrogen-bond donors (Lipinski definition) is 1. The van der Waals surface area contributed by atoms with E-state index < -0.39 is 28.5 Å². The monoisotopic (exact) mass is 629 g/mol. The van der Waals surface area contributed by atoms with Crippen molar-refractivity contribution in [2.45, 2.75) is 37.8 Å². The number of hydrogen-bond acceptors (Lipinski definition) is 4. The lowest BCUT2D eigenvalue weighted by atomic mass is 10.1. The van der Waals surface area contributed by atoms with Crippen LogP contribution in [0.15, 0.2) is 71.6 Å². The van der Waals surface area contributed by atoms with Crippen molar-refractivity contribution in [1.29, 1.82) is 0 Å². The van der Waals surface area contributed by atoms with E-state index in [0.717, 1.165) is 4.31 Å². The van der Waals surface area contributed by atoms with E-state index in [1.54, 1.807) is 44.2 Å². The molecular weight excluding hydrogens is 604 g/mol. The van der Waals surface area contributed by atoms with Crippen molar-refractivity contribution in [2.75, 3.05) is 17.4 Å². The minimum absolute atomic E-state index is 0.00422. The Kier molecular flexibility index (Phi) is 10.9. The number of benzene rings is 3. The van der Waals surface area contributed by atoms with Crippen LogP contribution in [0.2, 0.25) is 20.1 Å². The van der Waals surface area contributed by atoms with E-state index in [9.17, 15) is 18.0 Å².